The lowest BCUT2D eigenvalue weighted by atomic mass is 9.96. The summed E-state index contributed by atoms with van der Waals surface area (Å²) in [5.41, 5.74) is 0.275. The number of aryl methyl sites for hydroxylation is 2. The number of amides is 1. The van der Waals surface area contributed by atoms with Gasteiger partial charge in [-0.3, -0.25) is 9.69 Å². The number of likely N-dealkylation sites (tertiary alicyclic amines) is 1. The van der Waals surface area contributed by atoms with Gasteiger partial charge in [-0.25, -0.2) is 0 Å². The number of rotatable bonds is 3. The topological polar surface area (TPSA) is 41.6 Å². The van der Waals surface area contributed by atoms with E-state index >= 15 is 0 Å². The molecular weight excluding hydrogens is 345 g/mol. The van der Waals surface area contributed by atoms with E-state index in [1.807, 2.05) is 0 Å². The summed E-state index contributed by atoms with van der Waals surface area (Å²) in [7, 11) is 0. The Bertz CT molecular complexity index is 646. The first-order valence-electron chi connectivity index (χ1n) is 9.08. The summed E-state index contributed by atoms with van der Waals surface area (Å²) in [5.74, 6) is -0.326. The predicted molar refractivity (Wildman–Crippen MR) is 92.2 cm³/mol. The number of nitrogens with zero attached hydrogens (tertiary/aromatic N) is 1. The van der Waals surface area contributed by atoms with Gasteiger partial charge in [0, 0.05) is 18.2 Å². The Kier molecular flexibility index (Phi) is 5.58. The van der Waals surface area contributed by atoms with Crippen molar-refractivity contribution in [3.05, 3.63) is 34.4 Å². The normalized spacial score (nSPS) is 24.7. The Labute approximate surface area is 151 Å². The van der Waals surface area contributed by atoms with Crippen molar-refractivity contribution in [2.24, 2.45) is 0 Å². The van der Waals surface area contributed by atoms with Crippen LogP contribution in [0.3, 0.4) is 0 Å². The van der Waals surface area contributed by atoms with Crippen LogP contribution in [0.2, 0.25) is 0 Å². The van der Waals surface area contributed by atoms with Crippen LogP contribution in [0.5, 0.6) is 0 Å². The van der Waals surface area contributed by atoms with Crippen molar-refractivity contribution in [3.63, 3.8) is 0 Å². The molecule has 2 atom stereocenters. The Balaban J connectivity index is 1.78. The number of carbonyl (C=O) groups is 1. The van der Waals surface area contributed by atoms with Gasteiger partial charge < -0.3 is 10.1 Å². The number of carbonyl (C=O) groups excluding carboxylic acids is 1. The van der Waals surface area contributed by atoms with Crippen LogP contribution in [0.1, 0.15) is 46.3 Å². The third-order valence-corrected chi connectivity index (χ3v) is 5.33. The first-order chi connectivity index (χ1) is 12.3. The van der Waals surface area contributed by atoms with E-state index in [4.69, 9.17) is 4.74 Å². The van der Waals surface area contributed by atoms with Crippen molar-refractivity contribution in [2.75, 3.05) is 26.3 Å². The summed E-state index contributed by atoms with van der Waals surface area (Å²) >= 11 is 0. The fraction of sp³-hybridized carbons (Fsp3) is 0.632. The van der Waals surface area contributed by atoms with Crippen molar-refractivity contribution in [3.8, 4) is 0 Å². The van der Waals surface area contributed by atoms with Crippen molar-refractivity contribution in [1.29, 1.82) is 0 Å². The lowest BCUT2D eigenvalue weighted by Gasteiger charge is -2.38. The Morgan fingerprint density at radius 2 is 1.81 bits per heavy atom. The second-order valence-corrected chi connectivity index (χ2v) is 7.24. The van der Waals surface area contributed by atoms with E-state index < -0.39 is 11.7 Å². The molecule has 0 saturated carbocycles. The number of halogens is 3. The van der Waals surface area contributed by atoms with E-state index in [0.29, 0.717) is 29.9 Å². The van der Waals surface area contributed by atoms with E-state index in [0.717, 1.165) is 44.5 Å². The highest BCUT2D eigenvalue weighted by Gasteiger charge is 2.35. The predicted octanol–water partition coefficient (Wildman–Crippen LogP) is 3.31. The first kappa shape index (κ1) is 19.2. The Morgan fingerprint density at radius 1 is 1.19 bits per heavy atom. The minimum Gasteiger partial charge on any atom is -0.379 e. The molecule has 26 heavy (non-hydrogen) atoms. The van der Waals surface area contributed by atoms with Crippen molar-refractivity contribution in [1.82, 2.24) is 10.2 Å². The van der Waals surface area contributed by atoms with Crippen molar-refractivity contribution >= 4 is 5.91 Å². The molecule has 1 aromatic carbocycles. The number of alkyl halides is 3. The summed E-state index contributed by atoms with van der Waals surface area (Å²) in [6, 6.07) is 2.16. The van der Waals surface area contributed by atoms with Gasteiger partial charge in [0.15, 0.2) is 0 Å². The SMILES string of the molecule is Cc1cc(C(F)(F)F)cc(C)c1C(=O)NC1COCC[C@@H]1N1CCCC1. The number of nitrogens with one attached hydrogen (secondary N) is 1. The molecule has 1 amide bonds. The quantitative estimate of drug-likeness (QED) is 0.888. The zero-order chi connectivity index (χ0) is 18.9. The van der Waals surface area contributed by atoms with Gasteiger partial charge in [-0.1, -0.05) is 0 Å². The maximum atomic E-state index is 13.0. The highest BCUT2D eigenvalue weighted by Crippen LogP contribution is 2.32. The number of ether oxygens (including phenoxy) is 1. The first-order valence-corrected chi connectivity index (χ1v) is 9.08. The van der Waals surface area contributed by atoms with Crippen molar-refractivity contribution < 1.29 is 22.7 Å². The summed E-state index contributed by atoms with van der Waals surface area (Å²) in [6.07, 6.45) is -1.23. The molecule has 3 rings (SSSR count). The molecule has 1 unspecified atom stereocenters. The minimum atomic E-state index is -4.41. The molecular formula is C19H25F3N2O2. The summed E-state index contributed by atoms with van der Waals surface area (Å²) in [4.78, 5) is 15.2. The number of hydrogen-bond donors (Lipinski definition) is 1. The molecule has 144 valence electrons. The average molecular weight is 370 g/mol. The van der Waals surface area contributed by atoms with Crippen LogP contribution in [0.15, 0.2) is 12.1 Å². The molecule has 2 heterocycles. The number of hydrogen-bond acceptors (Lipinski definition) is 3. The molecule has 7 heteroatoms. The zero-order valence-corrected chi connectivity index (χ0v) is 15.2. The van der Waals surface area contributed by atoms with Crippen molar-refractivity contribution in [2.45, 2.75) is 51.4 Å². The molecule has 1 aromatic rings. The van der Waals surface area contributed by atoms with Gasteiger partial charge in [0.25, 0.3) is 5.91 Å². The molecule has 0 spiro atoms. The van der Waals surface area contributed by atoms with E-state index in [1.165, 1.54) is 0 Å². The highest BCUT2D eigenvalue weighted by atomic mass is 19.4. The highest BCUT2D eigenvalue weighted by molar-refractivity contribution is 5.97. The fourth-order valence-electron chi connectivity index (χ4n) is 4.10. The van der Waals surface area contributed by atoms with Gasteiger partial charge in [0.2, 0.25) is 0 Å². The van der Waals surface area contributed by atoms with Crippen LogP contribution >= 0.6 is 0 Å². The molecule has 0 aromatic heterocycles. The Morgan fingerprint density at radius 3 is 2.38 bits per heavy atom. The van der Waals surface area contributed by atoms with Crippen LogP contribution in [0.25, 0.3) is 0 Å². The van der Waals surface area contributed by atoms with Gasteiger partial charge in [-0.15, -0.1) is 0 Å². The maximum absolute atomic E-state index is 13.0. The van der Waals surface area contributed by atoms with Gasteiger partial charge in [0.1, 0.15) is 0 Å². The Hall–Kier alpha value is -1.60. The molecule has 2 aliphatic heterocycles. The lowest BCUT2D eigenvalue weighted by molar-refractivity contribution is -0.137. The van der Waals surface area contributed by atoms with E-state index in [-0.39, 0.29) is 18.0 Å². The largest absolute Gasteiger partial charge is 0.416 e. The van der Waals surface area contributed by atoms with E-state index in [9.17, 15) is 18.0 Å². The van der Waals surface area contributed by atoms with E-state index in [1.54, 1.807) is 13.8 Å². The zero-order valence-electron chi connectivity index (χ0n) is 15.2. The van der Waals surface area contributed by atoms with Gasteiger partial charge in [0.05, 0.1) is 18.2 Å². The second kappa shape index (κ2) is 7.56. The van der Waals surface area contributed by atoms with Crippen LogP contribution in [0.4, 0.5) is 13.2 Å². The van der Waals surface area contributed by atoms with Gasteiger partial charge >= 0.3 is 6.18 Å². The molecule has 2 aliphatic rings. The van der Waals surface area contributed by atoms with Crippen LogP contribution < -0.4 is 5.32 Å². The standard InChI is InChI=1S/C19H25F3N2O2/c1-12-9-14(19(20,21)22)10-13(2)17(12)18(25)23-15-11-26-8-5-16(15)24-6-3-4-7-24/h9-10,15-16H,3-8,11H2,1-2H3,(H,23,25)/t15?,16-/m0/s1. The molecule has 1 N–H and O–H groups in total. The van der Waals surface area contributed by atoms with Gasteiger partial charge in [-0.2, -0.15) is 13.2 Å². The maximum Gasteiger partial charge on any atom is 0.416 e. The third-order valence-electron chi connectivity index (χ3n) is 5.33. The summed E-state index contributed by atoms with van der Waals surface area (Å²) in [5, 5.41) is 3.02. The van der Waals surface area contributed by atoms with Crippen LogP contribution in [-0.4, -0.2) is 49.2 Å². The minimum absolute atomic E-state index is 0.143. The second-order valence-electron chi connectivity index (χ2n) is 7.24. The van der Waals surface area contributed by atoms with Crippen LogP contribution in [-0.2, 0) is 10.9 Å². The molecule has 0 radical (unpaired) electrons. The third kappa shape index (κ3) is 4.04. The monoisotopic (exact) mass is 370 g/mol. The number of benzene rings is 1. The summed E-state index contributed by atoms with van der Waals surface area (Å²) < 4.78 is 44.4. The van der Waals surface area contributed by atoms with Gasteiger partial charge in [-0.05, 0) is 69.5 Å². The van der Waals surface area contributed by atoms with E-state index in [2.05, 4.69) is 10.2 Å². The molecule has 2 fully saturated rings. The van der Waals surface area contributed by atoms with Crippen LogP contribution in [0, 0.1) is 13.8 Å². The molecule has 2 saturated heterocycles. The molecule has 0 aliphatic carbocycles. The summed E-state index contributed by atoms with van der Waals surface area (Å²) in [6.45, 7) is 6.25. The fourth-order valence-corrected chi connectivity index (χ4v) is 4.10. The molecule has 0 bridgehead atoms. The molecule has 4 nitrogen and oxygen atoms in total. The lowest BCUT2D eigenvalue weighted by Crippen LogP contribution is -2.56. The average Bonchev–Trinajstić information content (AvgIpc) is 3.08. The smallest absolute Gasteiger partial charge is 0.379 e.